The molecule has 0 fully saturated rings. The van der Waals surface area contributed by atoms with Crippen molar-refractivity contribution in [3.05, 3.63) is 60.7 Å². The van der Waals surface area contributed by atoms with E-state index in [1.807, 2.05) is 60.7 Å². The molecule has 0 saturated heterocycles. The maximum atomic E-state index is 12.7. The smallest absolute Gasteiger partial charge is 0.325 e. The van der Waals surface area contributed by atoms with Gasteiger partial charge in [0.1, 0.15) is 6.54 Å². The molecular formula is C19H20N2O4. The van der Waals surface area contributed by atoms with Crippen molar-refractivity contribution in [2.75, 3.05) is 18.6 Å². The number of benzene rings is 2. The molecule has 130 valence electrons. The molecule has 1 N–H and O–H groups in total. The zero-order valence-corrected chi connectivity index (χ0v) is 14.0. The quantitative estimate of drug-likeness (QED) is 0.786. The van der Waals surface area contributed by atoms with Crippen LogP contribution in [0, 0.1) is 0 Å². The highest BCUT2D eigenvalue weighted by Crippen LogP contribution is 2.26. The Morgan fingerprint density at radius 1 is 0.880 bits per heavy atom. The highest BCUT2D eigenvalue weighted by Gasteiger charge is 2.18. The number of rotatable bonds is 7. The first kappa shape index (κ1) is 18.2. The Kier molecular flexibility index (Phi) is 6.71. The number of hydrogen-bond donors (Lipinski definition) is 1. The van der Waals surface area contributed by atoms with E-state index in [1.54, 1.807) is 4.90 Å². The van der Waals surface area contributed by atoms with Crippen LogP contribution in [-0.4, -0.2) is 31.4 Å². The van der Waals surface area contributed by atoms with E-state index in [9.17, 15) is 14.4 Å². The molecule has 2 amide bonds. The second-order valence-corrected chi connectivity index (χ2v) is 5.25. The summed E-state index contributed by atoms with van der Waals surface area (Å²) in [5.41, 5.74) is 1.46. The maximum absolute atomic E-state index is 12.7. The summed E-state index contributed by atoms with van der Waals surface area (Å²) in [6, 6.07) is 18.5. The lowest BCUT2D eigenvalue weighted by atomic mass is 10.2. The Morgan fingerprint density at radius 3 is 1.88 bits per heavy atom. The van der Waals surface area contributed by atoms with Gasteiger partial charge in [0.05, 0.1) is 7.11 Å². The number of para-hydroxylation sites is 2. The molecule has 6 nitrogen and oxygen atoms in total. The van der Waals surface area contributed by atoms with Crippen molar-refractivity contribution in [1.82, 2.24) is 5.32 Å². The monoisotopic (exact) mass is 340 g/mol. The minimum Gasteiger partial charge on any atom is -0.468 e. The summed E-state index contributed by atoms with van der Waals surface area (Å²) < 4.78 is 4.45. The molecule has 0 aliphatic rings. The first-order valence-electron chi connectivity index (χ1n) is 7.88. The van der Waals surface area contributed by atoms with Crippen LogP contribution in [0.25, 0.3) is 0 Å². The van der Waals surface area contributed by atoms with Crippen LogP contribution in [0.4, 0.5) is 11.4 Å². The number of esters is 1. The Bertz CT molecular complexity index is 677. The van der Waals surface area contributed by atoms with Crippen molar-refractivity contribution in [2.45, 2.75) is 12.8 Å². The minimum atomic E-state index is -0.533. The summed E-state index contributed by atoms with van der Waals surface area (Å²) in [5, 5.41) is 2.42. The Labute approximate surface area is 146 Å². The van der Waals surface area contributed by atoms with E-state index in [-0.39, 0.29) is 31.2 Å². The first-order valence-corrected chi connectivity index (χ1v) is 7.88. The van der Waals surface area contributed by atoms with Crippen LogP contribution in [0.1, 0.15) is 12.8 Å². The van der Waals surface area contributed by atoms with Crippen LogP contribution in [0.15, 0.2) is 60.7 Å². The third kappa shape index (κ3) is 5.46. The number of nitrogens with one attached hydrogen (secondary N) is 1. The number of hydrogen-bond acceptors (Lipinski definition) is 4. The molecule has 0 bridgehead atoms. The van der Waals surface area contributed by atoms with E-state index in [0.29, 0.717) is 0 Å². The summed E-state index contributed by atoms with van der Waals surface area (Å²) in [6.07, 6.45) is 0.0167. The summed E-state index contributed by atoms with van der Waals surface area (Å²) in [5.74, 6) is -1.11. The van der Waals surface area contributed by atoms with Crippen molar-refractivity contribution in [3.8, 4) is 0 Å². The van der Waals surface area contributed by atoms with Crippen LogP contribution in [0.5, 0.6) is 0 Å². The second kappa shape index (κ2) is 9.22. The first-order chi connectivity index (χ1) is 12.1. The fraction of sp³-hybridized carbons (Fsp3) is 0.211. The van der Waals surface area contributed by atoms with Gasteiger partial charge in [-0.3, -0.25) is 19.3 Å². The number of anilines is 2. The number of carbonyl (C=O) groups is 3. The number of nitrogens with zero attached hydrogens (tertiary/aromatic N) is 1. The average molecular weight is 340 g/mol. The SMILES string of the molecule is COC(=O)CNC(=O)CCC(=O)N(c1ccccc1)c1ccccc1. The number of amides is 2. The number of ether oxygens (including phenoxy) is 1. The van der Waals surface area contributed by atoms with E-state index >= 15 is 0 Å². The van der Waals surface area contributed by atoms with Gasteiger partial charge in [0.2, 0.25) is 11.8 Å². The van der Waals surface area contributed by atoms with Gasteiger partial charge in [-0.2, -0.15) is 0 Å². The van der Waals surface area contributed by atoms with Gasteiger partial charge >= 0.3 is 5.97 Å². The normalized spacial score (nSPS) is 9.96. The highest BCUT2D eigenvalue weighted by molar-refractivity contribution is 6.01. The standard InChI is InChI=1S/C19H20N2O4/c1-25-19(24)14-20-17(22)12-13-18(23)21(15-8-4-2-5-9-15)16-10-6-3-7-11-16/h2-11H,12-14H2,1H3,(H,20,22). The van der Waals surface area contributed by atoms with Gasteiger partial charge in [0.25, 0.3) is 0 Å². The molecule has 0 spiro atoms. The topological polar surface area (TPSA) is 75.7 Å². The van der Waals surface area contributed by atoms with Gasteiger partial charge in [-0.25, -0.2) is 0 Å². The molecule has 2 rings (SSSR count). The van der Waals surface area contributed by atoms with Crippen LogP contribution < -0.4 is 10.2 Å². The molecule has 25 heavy (non-hydrogen) atoms. The van der Waals surface area contributed by atoms with Crippen LogP contribution in [0.3, 0.4) is 0 Å². The van der Waals surface area contributed by atoms with Gasteiger partial charge in [0, 0.05) is 24.2 Å². The van der Waals surface area contributed by atoms with Gasteiger partial charge in [0.15, 0.2) is 0 Å². The number of carbonyl (C=O) groups excluding carboxylic acids is 3. The van der Waals surface area contributed by atoms with Crippen molar-refractivity contribution in [3.63, 3.8) is 0 Å². The Morgan fingerprint density at radius 2 is 1.40 bits per heavy atom. The predicted molar refractivity (Wildman–Crippen MR) is 94.3 cm³/mol. The zero-order chi connectivity index (χ0) is 18.1. The van der Waals surface area contributed by atoms with Gasteiger partial charge in [-0.05, 0) is 24.3 Å². The lowest BCUT2D eigenvalue weighted by Gasteiger charge is -2.23. The molecule has 0 saturated carbocycles. The molecule has 0 aliphatic heterocycles. The predicted octanol–water partition coefficient (Wildman–Crippen LogP) is 2.42. The van der Waals surface area contributed by atoms with E-state index in [1.165, 1.54) is 7.11 Å². The lowest BCUT2D eigenvalue weighted by Crippen LogP contribution is -2.32. The minimum absolute atomic E-state index is 0.00794. The van der Waals surface area contributed by atoms with E-state index in [4.69, 9.17) is 0 Å². The molecule has 0 radical (unpaired) electrons. The molecule has 0 unspecified atom stereocenters. The van der Waals surface area contributed by atoms with Gasteiger partial charge in [-0.1, -0.05) is 36.4 Å². The summed E-state index contributed by atoms with van der Waals surface area (Å²) in [7, 11) is 1.25. The van der Waals surface area contributed by atoms with E-state index < -0.39 is 5.97 Å². The number of methoxy groups -OCH3 is 1. The third-order valence-corrected chi connectivity index (χ3v) is 3.50. The van der Waals surface area contributed by atoms with E-state index in [0.717, 1.165) is 11.4 Å². The maximum Gasteiger partial charge on any atom is 0.325 e. The van der Waals surface area contributed by atoms with Crippen molar-refractivity contribution in [2.24, 2.45) is 0 Å². The molecular weight excluding hydrogens is 320 g/mol. The molecule has 0 atom stereocenters. The molecule has 2 aromatic rings. The fourth-order valence-electron chi connectivity index (χ4n) is 2.25. The Hall–Kier alpha value is -3.15. The van der Waals surface area contributed by atoms with Crippen LogP contribution in [-0.2, 0) is 19.1 Å². The summed E-state index contributed by atoms with van der Waals surface area (Å²) >= 11 is 0. The molecule has 6 heteroatoms. The Balaban J connectivity index is 2.04. The third-order valence-electron chi connectivity index (χ3n) is 3.50. The van der Waals surface area contributed by atoms with Crippen LogP contribution >= 0.6 is 0 Å². The molecule has 0 aliphatic carbocycles. The van der Waals surface area contributed by atoms with Crippen molar-refractivity contribution in [1.29, 1.82) is 0 Å². The van der Waals surface area contributed by atoms with Crippen molar-refractivity contribution < 1.29 is 19.1 Å². The summed E-state index contributed by atoms with van der Waals surface area (Å²) in [6.45, 7) is -0.204. The lowest BCUT2D eigenvalue weighted by molar-refractivity contribution is -0.141. The fourth-order valence-corrected chi connectivity index (χ4v) is 2.25. The van der Waals surface area contributed by atoms with Gasteiger partial charge < -0.3 is 10.1 Å². The van der Waals surface area contributed by atoms with E-state index in [2.05, 4.69) is 10.1 Å². The van der Waals surface area contributed by atoms with Crippen molar-refractivity contribution >= 4 is 29.2 Å². The molecule has 2 aromatic carbocycles. The average Bonchev–Trinajstić information content (AvgIpc) is 2.66. The summed E-state index contributed by atoms with van der Waals surface area (Å²) in [4.78, 5) is 37.1. The van der Waals surface area contributed by atoms with Gasteiger partial charge in [-0.15, -0.1) is 0 Å². The second-order valence-electron chi connectivity index (χ2n) is 5.25. The highest BCUT2D eigenvalue weighted by atomic mass is 16.5. The van der Waals surface area contributed by atoms with Crippen LogP contribution in [0.2, 0.25) is 0 Å². The molecule has 0 heterocycles. The molecule has 0 aromatic heterocycles. The largest absolute Gasteiger partial charge is 0.468 e. The zero-order valence-electron chi connectivity index (χ0n) is 14.0.